The van der Waals surface area contributed by atoms with Crippen molar-refractivity contribution in [3.05, 3.63) is 17.7 Å². The van der Waals surface area contributed by atoms with Crippen molar-refractivity contribution in [1.29, 1.82) is 0 Å². The van der Waals surface area contributed by atoms with Gasteiger partial charge in [0.1, 0.15) is 17.2 Å². The van der Waals surface area contributed by atoms with Crippen LogP contribution in [0.15, 0.2) is 17.1 Å². The second kappa shape index (κ2) is 12.3. The van der Waals surface area contributed by atoms with Gasteiger partial charge >= 0.3 is 0 Å². The molecule has 2 rings (SSSR count). The van der Waals surface area contributed by atoms with Crippen molar-refractivity contribution in [1.82, 2.24) is 10.6 Å². The topological polar surface area (TPSA) is 73.3 Å². The molecule has 0 atom stereocenters. The molecule has 0 unspecified atom stereocenters. The molecule has 7 nitrogen and oxygen atoms in total. The zero-order valence-corrected chi connectivity index (χ0v) is 17.7. The quantitative estimate of drug-likeness (QED) is 0.305. The van der Waals surface area contributed by atoms with Gasteiger partial charge in [0, 0.05) is 50.5 Å². The number of benzene rings is 1. The van der Waals surface area contributed by atoms with E-state index in [0.717, 1.165) is 68.1 Å². The fourth-order valence-corrected chi connectivity index (χ4v) is 2.86. The summed E-state index contributed by atoms with van der Waals surface area (Å²) in [6, 6.07) is 3.75. The number of ether oxygens (including phenoxy) is 4. The summed E-state index contributed by atoms with van der Waals surface area (Å²) in [5.41, 5.74) is 1.00. The van der Waals surface area contributed by atoms with Crippen molar-refractivity contribution in [3.63, 3.8) is 0 Å². The highest BCUT2D eigenvalue weighted by Gasteiger charge is 2.20. The molecule has 1 aromatic rings. The molecule has 1 fully saturated rings. The predicted molar refractivity (Wildman–Crippen MR) is 112 cm³/mol. The Morgan fingerprint density at radius 2 is 1.79 bits per heavy atom. The molecule has 1 aromatic carbocycles. The van der Waals surface area contributed by atoms with Crippen LogP contribution in [0.4, 0.5) is 0 Å². The molecule has 0 radical (unpaired) electrons. The molecule has 1 aliphatic carbocycles. The number of methoxy groups -OCH3 is 3. The third-order valence-electron chi connectivity index (χ3n) is 4.60. The molecule has 0 aliphatic heterocycles. The second-order valence-electron chi connectivity index (χ2n) is 6.82. The standard InChI is InChI=1S/C21H35N3O4/c1-5-22-21(23-10-6-12-28-15-16-7-8-16)24-11-9-18-19(26-3)13-17(25-2)14-20(18)27-4/h13-14,16H,5-12,15H2,1-4H3,(H2,22,23,24). The minimum atomic E-state index is 0.711. The van der Waals surface area contributed by atoms with E-state index < -0.39 is 0 Å². The van der Waals surface area contributed by atoms with Crippen LogP contribution in [0.3, 0.4) is 0 Å². The maximum atomic E-state index is 5.66. The molecule has 7 heteroatoms. The zero-order valence-electron chi connectivity index (χ0n) is 17.7. The molecular weight excluding hydrogens is 358 g/mol. The van der Waals surface area contributed by atoms with Gasteiger partial charge < -0.3 is 29.6 Å². The van der Waals surface area contributed by atoms with Crippen molar-refractivity contribution in [3.8, 4) is 17.2 Å². The molecule has 0 heterocycles. The molecule has 1 saturated carbocycles. The van der Waals surface area contributed by atoms with Crippen molar-refractivity contribution in [2.24, 2.45) is 10.9 Å². The monoisotopic (exact) mass is 393 g/mol. The zero-order chi connectivity index (χ0) is 20.2. The summed E-state index contributed by atoms with van der Waals surface area (Å²) < 4.78 is 22.0. The van der Waals surface area contributed by atoms with E-state index in [1.165, 1.54) is 12.8 Å². The number of rotatable bonds is 13. The van der Waals surface area contributed by atoms with Crippen LogP contribution in [0.25, 0.3) is 0 Å². The summed E-state index contributed by atoms with van der Waals surface area (Å²) in [5.74, 6) is 3.86. The Kier molecular flexibility index (Phi) is 9.76. The van der Waals surface area contributed by atoms with E-state index in [9.17, 15) is 0 Å². The molecule has 0 amide bonds. The SMILES string of the molecule is CCNC(=NCCCOCC1CC1)NCCc1c(OC)cc(OC)cc1OC. The number of nitrogens with one attached hydrogen (secondary N) is 2. The molecule has 2 N–H and O–H groups in total. The Morgan fingerprint density at radius 1 is 1.07 bits per heavy atom. The van der Waals surface area contributed by atoms with Gasteiger partial charge in [-0.1, -0.05) is 0 Å². The lowest BCUT2D eigenvalue weighted by atomic mass is 10.1. The first-order valence-electron chi connectivity index (χ1n) is 10.1. The summed E-state index contributed by atoms with van der Waals surface area (Å²) in [7, 11) is 4.94. The molecule has 0 bridgehead atoms. The highest BCUT2D eigenvalue weighted by Crippen LogP contribution is 2.34. The first-order chi connectivity index (χ1) is 13.7. The molecule has 0 saturated heterocycles. The van der Waals surface area contributed by atoms with Gasteiger partial charge in [-0.15, -0.1) is 0 Å². The van der Waals surface area contributed by atoms with E-state index in [2.05, 4.69) is 22.5 Å². The Morgan fingerprint density at radius 3 is 2.36 bits per heavy atom. The number of aliphatic imine (C=N–C) groups is 1. The third-order valence-corrected chi connectivity index (χ3v) is 4.60. The average Bonchev–Trinajstić information content (AvgIpc) is 3.54. The smallest absolute Gasteiger partial charge is 0.191 e. The molecule has 158 valence electrons. The maximum absolute atomic E-state index is 5.66. The predicted octanol–water partition coefficient (Wildman–Crippen LogP) is 2.63. The summed E-state index contributed by atoms with van der Waals surface area (Å²) in [4.78, 5) is 4.62. The largest absolute Gasteiger partial charge is 0.496 e. The fraction of sp³-hybridized carbons (Fsp3) is 0.667. The lowest BCUT2D eigenvalue weighted by Crippen LogP contribution is -2.38. The summed E-state index contributed by atoms with van der Waals surface area (Å²) in [6.45, 7) is 6.02. The van der Waals surface area contributed by atoms with Gasteiger partial charge in [0.05, 0.1) is 21.3 Å². The van der Waals surface area contributed by atoms with Crippen molar-refractivity contribution in [2.45, 2.75) is 32.6 Å². The Labute approximate surface area is 168 Å². The van der Waals surface area contributed by atoms with Gasteiger partial charge in [-0.2, -0.15) is 0 Å². The van der Waals surface area contributed by atoms with Crippen LogP contribution in [-0.4, -0.2) is 60.1 Å². The molecule has 0 spiro atoms. The van der Waals surface area contributed by atoms with Crippen molar-refractivity contribution in [2.75, 3.05) is 54.2 Å². The van der Waals surface area contributed by atoms with Crippen LogP contribution in [0, 0.1) is 5.92 Å². The Hall–Kier alpha value is -2.15. The van der Waals surface area contributed by atoms with E-state index in [-0.39, 0.29) is 0 Å². The average molecular weight is 394 g/mol. The van der Waals surface area contributed by atoms with Crippen LogP contribution in [0.2, 0.25) is 0 Å². The van der Waals surface area contributed by atoms with Gasteiger partial charge in [0.15, 0.2) is 5.96 Å². The minimum absolute atomic E-state index is 0.711. The lowest BCUT2D eigenvalue weighted by Gasteiger charge is -2.16. The minimum Gasteiger partial charge on any atom is -0.496 e. The van der Waals surface area contributed by atoms with Gasteiger partial charge in [0.25, 0.3) is 0 Å². The van der Waals surface area contributed by atoms with Crippen LogP contribution in [0.1, 0.15) is 31.7 Å². The second-order valence-corrected chi connectivity index (χ2v) is 6.82. The summed E-state index contributed by atoms with van der Waals surface area (Å²) in [6.07, 6.45) is 4.33. The molecule has 0 aromatic heterocycles. The highest BCUT2D eigenvalue weighted by molar-refractivity contribution is 5.79. The van der Waals surface area contributed by atoms with Crippen LogP contribution >= 0.6 is 0 Å². The Bertz CT molecular complexity index is 593. The van der Waals surface area contributed by atoms with Crippen LogP contribution in [0.5, 0.6) is 17.2 Å². The van der Waals surface area contributed by atoms with E-state index >= 15 is 0 Å². The first kappa shape index (κ1) is 22.1. The maximum Gasteiger partial charge on any atom is 0.191 e. The lowest BCUT2D eigenvalue weighted by molar-refractivity contribution is 0.123. The van der Waals surface area contributed by atoms with Crippen molar-refractivity contribution >= 4 is 5.96 Å². The molecule has 1 aliphatic rings. The number of nitrogens with zero attached hydrogens (tertiary/aromatic N) is 1. The van der Waals surface area contributed by atoms with Gasteiger partial charge in [-0.05, 0) is 38.5 Å². The summed E-state index contributed by atoms with van der Waals surface area (Å²) in [5, 5.41) is 6.65. The number of guanidine groups is 1. The van der Waals surface area contributed by atoms with E-state index in [0.29, 0.717) is 12.3 Å². The summed E-state index contributed by atoms with van der Waals surface area (Å²) >= 11 is 0. The van der Waals surface area contributed by atoms with E-state index in [1.54, 1.807) is 21.3 Å². The Balaban J connectivity index is 1.82. The van der Waals surface area contributed by atoms with Gasteiger partial charge in [0.2, 0.25) is 0 Å². The fourth-order valence-electron chi connectivity index (χ4n) is 2.86. The van der Waals surface area contributed by atoms with Crippen molar-refractivity contribution < 1.29 is 18.9 Å². The van der Waals surface area contributed by atoms with Gasteiger partial charge in [-0.3, -0.25) is 4.99 Å². The normalized spacial score (nSPS) is 13.9. The third kappa shape index (κ3) is 7.46. The highest BCUT2D eigenvalue weighted by atomic mass is 16.5. The molecule has 28 heavy (non-hydrogen) atoms. The first-order valence-corrected chi connectivity index (χ1v) is 10.1. The van der Waals surface area contributed by atoms with E-state index in [4.69, 9.17) is 18.9 Å². The number of hydrogen-bond donors (Lipinski definition) is 2. The van der Waals surface area contributed by atoms with E-state index in [1.807, 2.05) is 12.1 Å². The van der Waals surface area contributed by atoms with Crippen LogP contribution in [-0.2, 0) is 11.2 Å². The molecular formula is C21H35N3O4. The van der Waals surface area contributed by atoms with Gasteiger partial charge in [-0.25, -0.2) is 0 Å². The number of hydrogen-bond acceptors (Lipinski definition) is 5. The van der Waals surface area contributed by atoms with Crippen LogP contribution < -0.4 is 24.8 Å².